The van der Waals surface area contributed by atoms with E-state index in [1.54, 1.807) is 16.7 Å². The van der Waals surface area contributed by atoms with Crippen molar-refractivity contribution in [2.45, 2.75) is 50.3 Å². The van der Waals surface area contributed by atoms with Gasteiger partial charge in [0.25, 0.3) is 0 Å². The first kappa shape index (κ1) is 22.3. The van der Waals surface area contributed by atoms with Crippen molar-refractivity contribution in [1.29, 1.82) is 0 Å². The Bertz CT molecular complexity index is 1340. The lowest BCUT2D eigenvalue weighted by Crippen LogP contribution is -2.24. The first-order chi connectivity index (χ1) is 15.9. The number of rotatable bonds is 6. The molecule has 2 aromatic heterocycles. The summed E-state index contributed by atoms with van der Waals surface area (Å²) in [5, 5.41) is 5.22. The Balaban J connectivity index is 1.42. The first-order valence-corrected chi connectivity index (χ1v) is 13.1. The number of benzene rings is 2. The van der Waals surface area contributed by atoms with Crippen molar-refractivity contribution in [3.05, 3.63) is 69.4 Å². The molecule has 0 N–H and O–H groups in total. The van der Waals surface area contributed by atoms with Gasteiger partial charge in [0.2, 0.25) is 5.91 Å². The smallest absolute Gasteiger partial charge is 0.230 e. The maximum Gasteiger partial charge on any atom is 0.230 e. The number of halogens is 1. The normalized spacial score (nSPS) is 13.5. The lowest BCUT2D eigenvalue weighted by atomic mass is 10.1. The van der Waals surface area contributed by atoms with Crippen LogP contribution in [0.3, 0.4) is 0 Å². The molecule has 33 heavy (non-hydrogen) atoms. The zero-order valence-electron chi connectivity index (χ0n) is 18.6. The second kappa shape index (κ2) is 9.05. The highest BCUT2D eigenvalue weighted by Crippen LogP contribution is 2.41. The summed E-state index contributed by atoms with van der Waals surface area (Å²) < 4.78 is 0. The SMILES string of the molecule is CC(=O)N(c1nc(CSc2nc(C3CC3)nc3ccccc23)cs1)c1c(C)cc(C)cc1Cl. The average molecular weight is 495 g/mol. The summed E-state index contributed by atoms with van der Waals surface area (Å²) in [7, 11) is 0. The number of carbonyl (C=O) groups excluding carboxylic acids is 1. The third kappa shape index (κ3) is 4.63. The van der Waals surface area contributed by atoms with Crippen molar-refractivity contribution in [2.75, 3.05) is 4.90 Å². The van der Waals surface area contributed by atoms with Crippen LogP contribution >= 0.6 is 34.7 Å². The molecule has 2 aromatic carbocycles. The molecule has 1 saturated carbocycles. The number of anilines is 2. The lowest BCUT2D eigenvalue weighted by molar-refractivity contribution is -0.115. The molecule has 1 aliphatic rings. The quantitative estimate of drug-likeness (QED) is 0.209. The minimum absolute atomic E-state index is 0.117. The molecule has 0 aliphatic heterocycles. The van der Waals surface area contributed by atoms with Crippen LogP contribution in [0.25, 0.3) is 10.9 Å². The van der Waals surface area contributed by atoms with Crippen molar-refractivity contribution in [1.82, 2.24) is 15.0 Å². The molecule has 8 heteroatoms. The van der Waals surface area contributed by atoms with Gasteiger partial charge in [-0.1, -0.05) is 47.6 Å². The predicted molar refractivity (Wildman–Crippen MR) is 137 cm³/mol. The van der Waals surface area contributed by atoms with Crippen LogP contribution in [0.4, 0.5) is 10.8 Å². The maximum atomic E-state index is 12.6. The number of thiazole rings is 1. The molecule has 5 rings (SSSR count). The van der Waals surface area contributed by atoms with Crippen LogP contribution < -0.4 is 4.90 Å². The van der Waals surface area contributed by atoms with Gasteiger partial charge in [-0.05, 0) is 49.9 Å². The fraction of sp³-hybridized carbons (Fsp3) is 0.280. The minimum Gasteiger partial charge on any atom is -0.274 e. The van der Waals surface area contributed by atoms with E-state index in [9.17, 15) is 4.79 Å². The van der Waals surface area contributed by atoms with E-state index in [1.165, 1.54) is 31.1 Å². The number of hydrogen-bond donors (Lipinski definition) is 0. The van der Waals surface area contributed by atoms with Gasteiger partial charge < -0.3 is 0 Å². The molecule has 1 amide bonds. The maximum absolute atomic E-state index is 12.6. The summed E-state index contributed by atoms with van der Waals surface area (Å²) in [5.41, 5.74) is 4.59. The molecule has 0 bridgehead atoms. The summed E-state index contributed by atoms with van der Waals surface area (Å²) in [5.74, 6) is 1.98. The van der Waals surface area contributed by atoms with Gasteiger partial charge in [0.05, 0.1) is 21.9 Å². The molecule has 0 unspecified atom stereocenters. The van der Waals surface area contributed by atoms with Crippen LogP contribution in [0.15, 0.2) is 46.8 Å². The lowest BCUT2D eigenvalue weighted by Gasteiger charge is -2.22. The summed E-state index contributed by atoms with van der Waals surface area (Å²) in [6.07, 6.45) is 2.33. The summed E-state index contributed by atoms with van der Waals surface area (Å²) in [4.78, 5) is 28.6. The van der Waals surface area contributed by atoms with E-state index in [4.69, 9.17) is 26.6 Å². The van der Waals surface area contributed by atoms with Gasteiger partial charge in [0, 0.05) is 29.4 Å². The highest BCUT2D eigenvalue weighted by Gasteiger charge is 2.28. The molecule has 0 radical (unpaired) electrons. The number of thioether (sulfide) groups is 1. The van der Waals surface area contributed by atoms with E-state index in [-0.39, 0.29) is 5.91 Å². The van der Waals surface area contributed by atoms with E-state index in [1.807, 2.05) is 49.6 Å². The van der Waals surface area contributed by atoms with E-state index in [0.29, 0.717) is 27.5 Å². The number of fused-ring (bicyclic) bond motifs is 1. The van der Waals surface area contributed by atoms with E-state index >= 15 is 0 Å². The predicted octanol–water partition coefficient (Wildman–Crippen LogP) is 7.21. The van der Waals surface area contributed by atoms with Crippen LogP contribution in [0.5, 0.6) is 0 Å². The van der Waals surface area contributed by atoms with Crippen molar-refractivity contribution < 1.29 is 4.79 Å². The van der Waals surface area contributed by atoms with Gasteiger partial charge in [-0.15, -0.1) is 11.3 Å². The zero-order valence-corrected chi connectivity index (χ0v) is 21.0. The monoisotopic (exact) mass is 494 g/mol. The fourth-order valence-electron chi connectivity index (χ4n) is 3.89. The van der Waals surface area contributed by atoms with Gasteiger partial charge in [-0.3, -0.25) is 9.69 Å². The molecule has 0 atom stereocenters. The molecule has 1 aliphatic carbocycles. The Morgan fingerprint density at radius 1 is 1.18 bits per heavy atom. The highest BCUT2D eigenvalue weighted by atomic mass is 35.5. The number of hydrogen-bond acceptors (Lipinski definition) is 6. The van der Waals surface area contributed by atoms with Crippen LogP contribution in [-0.2, 0) is 10.5 Å². The second-order valence-electron chi connectivity index (χ2n) is 8.36. The Hall–Kier alpha value is -2.48. The Morgan fingerprint density at radius 3 is 2.70 bits per heavy atom. The van der Waals surface area contributed by atoms with Crippen LogP contribution in [-0.4, -0.2) is 20.9 Å². The van der Waals surface area contributed by atoms with Gasteiger partial charge in [-0.2, -0.15) is 0 Å². The third-order valence-corrected chi connectivity index (χ3v) is 7.74. The number of carbonyl (C=O) groups is 1. The van der Waals surface area contributed by atoms with Crippen molar-refractivity contribution >= 4 is 62.3 Å². The standard InChI is InChI=1S/C25H23ClN4OS2/c1-14-10-15(2)22(20(26)11-14)30(16(3)31)25-27-18(13-33-25)12-32-24-19-6-4-5-7-21(19)28-23(29-24)17-8-9-17/h4-7,10-11,13,17H,8-9,12H2,1-3H3. The summed E-state index contributed by atoms with van der Waals surface area (Å²) >= 11 is 9.65. The van der Waals surface area contributed by atoms with E-state index in [0.717, 1.165) is 38.6 Å². The molecule has 0 saturated heterocycles. The van der Waals surface area contributed by atoms with Crippen molar-refractivity contribution in [3.63, 3.8) is 0 Å². The molecule has 1 fully saturated rings. The second-order valence-corrected chi connectivity index (χ2v) is 10.6. The van der Waals surface area contributed by atoms with Crippen molar-refractivity contribution in [2.24, 2.45) is 0 Å². The fourth-order valence-corrected chi connectivity index (χ4v) is 6.19. The Labute approximate surface area is 206 Å². The van der Waals surface area contributed by atoms with Gasteiger partial charge in [-0.25, -0.2) is 15.0 Å². The minimum atomic E-state index is -0.117. The van der Waals surface area contributed by atoms with Crippen LogP contribution in [0.1, 0.15) is 48.3 Å². The number of aromatic nitrogens is 3. The zero-order chi connectivity index (χ0) is 23.1. The number of aryl methyl sites for hydroxylation is 2. The molecule has 4 aromatic rings. The molecule has 0 spiro atoms. The van der Waals surface area contributed by atoms with Gasteiger partial charge in [0.1, 0.15) is 10.9 Å². The first-order valence-electron chi connectivity index (χ1n) is 10.8. The molecular formula is C25H23ClN4OS2. The van der Waals surface area contributed by atoms with Crippen LogP contribution in [0.2, 0.25) is 5.02 Å². The molecule has 5 nitrogen and oxygen atoms in total. The van der Waals surface area contributed by atoms with Gasteiger partial charge >= 0.3 is 0 Å². The largest absolute Gasteiger partial charge is 0.274 e. The molecular weight excluding hydrogens is 472 g/mol. The van der Waals surface area contributed by atoms with Crippen molar-refractivity contribution in [3.8, 4) is 0 Å². The highest BCUT2D eigenvalue weighted by molar-refractivity contribution is 7.98. The van der Waals surface area contributed by atoms with Gasteiger partial charge in [0.15, 0.2) is 5.13 Å². The molecule has 2 heterocycles. The Kier molecular flexibility index (Phi) is 6.12. The van der Waals surface area contributed by atoms with E-state index < -0.39 is 0 Å². The van der Waals surface area contributed by atoms with Crippen LogP contribution in [0, 0.1) is 13.8 Å². The summed E-state index contributed by atoms with van der Waals surface area (Å²) in [6.45, 7) is 5.50. The molecule has 168 valence electrons. The number of para-hydroxylation sites is 1. The topological polar surface area (TPSA) is 59.0 Å². The number of nitrogens with zero attached hydrogens (tertiary/aromatic N) is 4. The van der Waals surface area contributed by atoms with E-state index in [2.05, 4.69) is 6.07 Å². The Morgan fingerprint density at radius 2 is 1.97 bits per heavy atom. The summed E-state index contributed by atoms with van der Waals surface area (Å²) in [6, 6.07) is 12.1. The number of amides is 1. The average Bonchev–Trinajstić information content (AvgIpc) is 3.53. The third-order valence-electron chi connectivity index (χ3n) is 5.55.